The first-order chi connectivity index (χ1) is 18.7. The first-order valence-corrected chi connectivity index (χ1v) is 14.2. The number of aromatic nitrogens is 1. The van der Waals surface area contributed by atoms with Gasteiger partial charge in [-0.1, -0.05) is 66.7 Å². The fraction of sp³-hybridized carbons (Fsp3) is 0.300. The van der Waals surface area contributed by atoms with Crippen LogP contribution in [0.4, 0.5) is 5.69 Å². The second-order valence-corrected chi connectivity index (χ2v) is 11.6. The molecule has 202 valence electrons. The normalized spacial score (nSPS) is 17.4. The molecule has 0 saturated heterocycles. The van der Waals surface area contributed by atoms with E-state index in [1.807, 2.05) is 18.2 Å². The van der Waals surface area contributed by atoms with Gasteiger partial charge in [0.2, 0.25) is 11.6 Å². The molecule has 2 aromatic carbocycles. The molecule has 2 heterocycles. The molecule has 9 heteroatoms. The molecule has 1 fully saturated rings. The van der Waals surface area contributed by atoms with Crippen molar-refractivity contribution in [3.05, 3.63) is 69.4 Å². The first kappa shape index (κ1) is 27.7. The minimum atomic E-state index is -0.314. The van der Waals surface area contributed by atoms with Crippen molar-refractivity contribution in [1.82, 2.24) is 4.98 Å². The number of carbonyl (C=O) groups is 2. The Morgan fingerprint density at radius 1 is 0.974 bits per heavy atom. The number of halogens is 3. The molecule has 5 rings (SSSR count). The van der Waals surface area contributed by atoms with Gasteiger partial charge in [-0.3, -0.25) is 10.1 Å². The number of quaternary nitrogens is 1. The molecule has 4 aromatic rings. The minimum absolute atomic E-state index is 0.0679. The zero-order chi connectivity index (χ0) is 27.7. The number of hydrogen-bond donors (Lipinski definition) is 2. The number of nitrogens with two attached hydrogens (primary N) is 1. The molecule has 2 amide bonds. The number of furan rings is 1. The summed E-state index contributed by atoms with van der Waals surface area (Å²) in [5, 5.41) is 6.53. The van der Waals surface area contributed by atoms with E-state index in [4.69, 9.17) is 44.2 Å². The molecule has 1 saturated carbocycles. The van der Waals surface area contributed by atoms with E-state index in [1.165, 1.54) is 19.8 Å². The van der Waals surface area contributed by atoms with Crippen LogP contribution >= 0.6 is 34.8 Å². The number of hydrogen-bond acceptors (Lipinski definition) is 4. The van der Waals surface area contributed by atoms with Crippen molar-refractivity contribution in [2.45, 2.75) is 39.5 Å². The van der Waals surface area contributed by atoms with E-state index < -0.39 is 0 Å². The lowest BCUT2D eigenvalue weighted by Gasteiger charge is -2.24. The monoisotopic (exact) mass is 584 g/mol. The predicted octanol–water partition coefficient (Wildman–Crippen LogP) is 7.61. The van der Waals surface area contributed by atoms with Crippen LogP contribution in [0.25, 0.3) is 33.5 Å². The van der Waals surface area contributed by atoms with E-state index in [0.717, 1.165) is 29.9 Å². The third-order valence-corrected chi connectivity index (χ3v) is 8.12. The average molecular weight is 586 g/mol. The predicted molar refractivity (Wildman–Crippen MR) is 156 cm³/mol. The smallest absolute Gasteiger partial charge is 0.380 e. The zero-order valence-electron chi connectivity index (χ0n) is 21.7. The second-order valence-electron chi connectivity index (χ2n) is 10.3. The van der Waals surface area contributed by atoms with Crippen LogP contribution in [0.1, 0.15) is 50.1 Å². The van der Waals surface area contributed by atoms with Gasteiger partial charge in [-0.25, -0.2) is 9.78 Å². The summed E-state index contributed by atoms with van der Waals surface area (Å²) in [4.78, 5) is 30.4. The Kier molecular flexibility index (Phi) is 8.29. The molecule has 2 aromatic heterocycles. The number of nitrogens with one attached hydrogen (secondary N) is 1. The van der Waals surface area contributed by atoms with Gasteiger partial charge in [0.05, 0.1) is 22.6 Å². The van der Waals surface area contributed by atoms with Crippen LogP contribution in [0.15, 0.2) is 52.9 Å². The van der Waals surface area contributed by atoms with Crippen molar-refractivity contribution in [3.8, 4) is 22.4 Å². The molecule has 0 atom stereocenters. The number of pyridine rings is 1. The number of fused-ring (bicyclic) bond motifs is 1. The number of primary amides is 1. The Labute approximate surface area is 242 Å². The van der Waals surface area contributed by atoms with Crippen LogP contribution < -0.4 is 10.6 Å². The van der Waals surface area contributed by atoms with Gasteiger partial charge in [0.25, 0.3) is 5.76 Å². The second kappa shape index (κ2) is 11.7. The van der Waals surface area contributed by atoms with E-state index in [1.54, 1.807) is 35.6 Å². The SMILES string of the molecule is CC(=O)Nc1c(C(=O)[NH2+]CC2CCC(C)CC2)oc2nc(-c3ccc(Cl)cc3Cl)c(-c3ccc(Cl)cc3)cc12. The fourth-order valence-corrected chi connectivity index (χ4v) is 5.79. The van der Waals surface area contributed by atoms with Gasteiger partial charge in [0, 0.05) is 34.0 Å². The molecule has 0 aliphatic heterocycles. The van der Waals surface area contributed by atoms with Crippen LogP contribution in [-0.2, 0) is 4.79 Å². The van der Waals surface area contributed by atoms with Crippen LogP contribution in [0.3, 0.4) is 0 Å². The van der Waals surface area contributed by atoms with Gasteiger partial charge >= 0.3 is 5.91 Å². The summed E-state index contributed by atoms with van der Waals surface area (Å²) in [6.07, 6.45) is 4.59. The summed E-state index contributed by atoms with van der Waals surface area (Å²) in [7, 11) is 0. The Bertz CT molecular complexity index is 1540. The number of carbonyl (C=O) groups excluding carboxylic acids is 2. The van der Waals surface area contributed by atoms with Crippen LogP contribution in [0.2, 0.25) is 15.1 Å². The Hall–Kier alpha value is -2.90. The van der Waals surface area contributed by atoms with Crippen molar-refractivity contribution in [1.29, 1.82) is 0 Å². The number of rotatable bonds is 6. The molecule has 3 N–H and O–H groups in total. The molecule has 1 aliphatic rings. The van der Waals surface area contributed by atoms with Crippen molar-refractivity contribution >= 4 is 63.4 Å². The van der Waals surface area contributed by atoms with Crippen LogP contribution in [0.5, 0.6) is 0 Å². The molecule has 0 spiro atoms. The van der Waals surface area contributed by atoms with Crippen molar-refractivity contribution in [2.75, 3.05) is 11.9 Å². The highest BCUT2D eigenvalue weighted by molar-refractivity contribution is 6.36. The van der Waals surface area contributed by atoms with Gasteiger partial charge in [-0.15, -0.1) is 0 Å². The van der Waals surface area contributed by atoms with Gasteiger partial charge < -0.3 is 9.73 Å². The standard InChI is InChI=1S/C30H28Cl3N3O3/c1-16-3-5-18(6-4-16)15-34-29(38)28-27(35-17(2)37)24-14-23(19-7-9-20(31)10-8-19)26(36-30(24)39-28)22-12-11-21(32)13-25(22)33/h7-14,16,18H,3-6,15H2,1-2H3,(H,34,38)(H,35,37)/p+1. The molecular formula is C30H29Cl3N3O3+. The van der Waals surface area contributed by atoms with E-state index in [2.05, 4.69) is 12.2 Å². The Morgan fingerprint density at radius 3 is 2.33 bits per heavy atom. The third-order valence-electron chi connectivity index (χ3n) is 7.32. The van der Waals surface area contributed by atoms with Gasteiger partial charge in [-0.2, -0.15) is 0 Å². The van der Waals surface area contributed by atoms with E-state index >= 15 is 0 Å². The summed E-state index contributed by atoms with van der Waals surface area (Å²) in [5.41, 5.74) is 3.30. The molecular weight excluding hydrogens is 557 g/mol. The maximum absolute atomic E-state index is 13.4. The number of amides is 2. The largest absolute Gasteiger partial charge is 0.426 e. The summed E-state index contributed by atoms with van der Waals surface area (Å²) in [6.45, 7) is 4.35. The zero-order valence-corrected chi connectivity index (χ0v) is 24.0. The number of benzene rings is 2. The van der Waals surface area contributed by atoms with Crippen molar-refractivity contribution in [2.24, 2.45) is 11.8 Å². The van der Waals surface area contributed by atoms with E-state index in [-0.39, 0.29) is 23.3 Å². The lowest BCUT2D eigenvalue weighted by molar-refractivity contribution is -0.563. The topological polar surface area (TPSA) is 88.8 Å². The Morgan fingerprint density at radius 2 is 1.67 bits per heavy atom. The molecule has 1 aliphatic carbocycles. The Balaban J connectivity index is 1.61. The highest BCUT2D eigenvalue weighted by Crippen LogP contribution is 2.41. The summed E-state index contributed by atoms with van der Waals surface area (Å²) >= 11 is 18.9. The fourth-order valence-electron chi connectivity index (χ4n) is 5.16. The molecule has 0 bridgehead atoms. The lowest BCUT2D eigenvalue weighted by Crippen LogP contribution is -2.89. The van der Waals surface area contributed by atoms with Crippen molar-refractivity contribution < 1.29 is 19.3 Å². The highest BCUT2D eigenvalue weighted by atomic mass is 35.5. The molecule has 6 nitrogen and oxygen atoms in total. The van der Waals surface area contributed by atoms with E-state index in [9.17, 15) is 9.59 Å². The average Bonchev–Trinajstić information content (AvgIpc) is 3.24. The van der Waals surface area contributed by atoms with Gasteiger partial charge in [0.1, 0.15) is 5.69 Å². The molecule has 39 heavy (non-hydrogen) atoms. The summed E-state index contributed by atoms with van der Waals surface area (Å²) in [6, 6.07) is 14.4. The minimum Gasteiger partial charge on any atom is -0.426 e. The van der Waals surface area contributed by atoms with Crippen LogP contribution in [0, 0.1) is 11.8 Å². The molecule has 0 unspecified atom stereocenters. The summed E-state index contributed by atoms with van der Waals surface area (Å²) < 4.78 is 6.06. The first-order valence-electron chi connectivity index (χ1n) is 13.0. The third kappa shape index (κ3) is 6.15. The van der Waals surface area contributed by atoms with E-state index in [0.29, 0.717) is 49.9 Å². The highest BCUT2D eigenvalue weighted by Gasteiger charge is 2.29. The maximum atomic E-state index is 13.4. The molecule has 0 radical (unpaired) electrons. The quantitative estimate of drug-likeness (QED) is 0.244. The van der Waals surface area contributed by atoms with Gasteiger partial charge in [0.15, 0.2) is 0 Å². The maximum Gasteiger partial charge on any atom is 0.380 e. The summed E-state index contributed by atoms with van der Waals surface area (Å²) in [5.74, 6) is 0.702. The van der Waals surface area contributed by atoms with Crippen LogP contribution in [-0.4, -0.2) is 23.3 Å². The lowest BCUT2D eigenvalue weighted by atomic mass is 9.83. The number of nitrogens with zero attached hydrogens (tertiary/aromatic N) is 1. The van der Waals surface area contributed by atoms with Crippen molar-refractivity contribution in [3.63, 3.8) is 0 Å². The number of anilines is 1. The van der Waals surface area contributed by atoms with Gasteiger partial charge in [-0.05, 0) is 60.7 Å².